The second kappa shape index (κ2) is 25.9. The van der Waals surface area contributed by atoms with Gasteiger partial charge in [-0.2, -0.15) is 8.42 Å². The van der Waals surface area contributed by atoms with Gasteiger partial charge in [-0.3, -0.25) is 14.2 Å². The molecule has 420 valence electrons. The predicted molar refractivity (Wildman–Crippen MR) is 314 cm³/mol. The lowest BCUT2D eigenvalue weighted by Crippen LogP contribution is -2.54. The lowest BCUT2D eigenvalue weighted by Gasteiger charge is -2.43. The number of benzene rings is 3. The molecule has 5 N–H and O–H groups in total. The minimum atomic E-state index is -3.78. The summed E-state index contributed by atoms with van der Waals surface area (Å²) in [5, 5.41) is 26.3. The summed E-state index contributed by atoms with van der Waals surface area (Å²) in [6.45, 7) is 11.4. The molecule has 0 amide bonds. The van der Waals surface area contributed by atoms with Gasteiger partial charge in [-0.25, -0.2) is 0 Å². The van der Waals surface area contributed by atoms with Crippen LogP contribution >= 0.6 is 0 Å². The Balaban J connectivity index is 0.000000186. The first-order chi connectivity index (χ1) is 38.9. The van der Waals surface area contributed by atoms with Gasteiger partial charge in [0.25, 0.3) is 10.1 Å². The highest BCUT2D eigenvalue weighted by atomic mass is 32.2. The molecule has 0 radical (unpaired) electrons. The van der Waals surface area contributed by atoms with E-state index in [1.165, 1.54) is 16.9 Å². The zero-order valence-corrected chi connectivity index (χ0v) is 46.9. The molecule has 80 heavy (non-hydrogen) atoms. The molecule has 3 aromatic carbocycles. The fraction of sp³-hybridized carbons (Fsp3) is 0.410. The SMILES string of the molecule is Cc1ccc(S(=O)(=O)OCCOCCCc2cc(N3C4CCC3CN(c3cc(-c5ccccc5C)nnc3N)C4)ccn2)cc1.Cc1ccccc1-c1cc(N2CC3CCC(C2)N3c2ccnc(CCCOCCO)c2)c(N)nn1. The number of anilines is 6. The number of hydrogen-bond acceptors (Lipinski definition) is 18. The number of aryl methyl sites for hydroxylation is 5. The van der Waals surface area contributed by atoms with E-state index in [-0.39, 0.29) is 24.7 Å². The summed E-state index contributed by atoms with van der Waals surface area (Å²) in [4.78, 5) is 19.2. The van der Waals surface area contributed by atoms with Gasteiger partial charge < -0.3 is 45.6 Å². The summed E-state index contributed by atoms with van der Waals surface area (Å²) < 4.78 is 40.8. The lowest BCUT2D eigenvalue weighted by atomic mass is 10.0. The van der Waals surface area contributed by atoms with E-state index >= 15 is 0 Å². The van der Waals surface area contributed by atoms with Crippen molar-refractivity contribution in [3.63, 3.8) is 0 Å². The Kier molecular flexibility index (Phi) is 18.1. The average molecular weight is 1100 g/mol. The molecular formula is C61H74N12O6S. The molecule has 4 atom stereocenters. The van der Waals surface area contributed by atoms with Gasteiger partial charge in [0.1, 0.15) is 0 Å². The predicted octanol–water partition coefficient (Wildman–Crippen LogP) is 8.18. The number of aliphatic hydroxyl groups is 1. The van der Waals surface area contributed by atoms with Crippen LogP contribution in [0.25, 0.3) is 22.5 Å². The third-order valence-electron chi connectivity index (χ3n) is 15.7. The molecule has 7 aromatic rings. The van der Waals surface area contributed by atoms with E-state index in [0.29, 0.717) is 55.6 Å². The van der Waals surface area contributed by atoms with Gasteiger partial charge in [0.05, 0.1) is 54.1 Å². The highest BCUT2D eigenvalue weighted by Crippen LogP contribution is 2.41. The number of nitrogen functional groups attached to an aromatic ring is 2. The molecule has 4 saturated heterocycles. The molecule has 4 fully saturated rings. The third kappa shape index (κ3) is 13.3. The Morgan fingerprint density at radius 1 is 0.550 bits per heavy atom. The molecule has 0 aliphatic carbocycles. The van der Waals surface area contributed by atoms with Crippen molar-refractivity contribution in [2.75, 3.05) is 96.9 Å². The van der Waals surface area contributed by atoms with Crippen LogP contribution in [-0.2, 0) is 36.6 Å². The fourth-order valence-electron chi connectivity index (χ4n) is 11.8. The van der Waals surface area contributed by atoms with Crippen LogP contribution in [0.2, 0.25) is 0 Å². The van der Waals surface area contributed by atoms with Crippen molar-refractivity contribution in [3.8, 4) is 22.5 Å². The standard InChI is InChI=1S/C34H40N6O4S.C27H34N6O2/c1-24-9-13-30(14-10-24)45(41,42)44-19-18-43-17-5-7-26-20-27(15-16-36-26)40-28-11-12-29(40)23-39(22-28)33-21-32(37-38-34(33)35)31-8-4-3-6-25(31)2;1-19-5-2-3-7-24(19)25-16-26(27(28)31-30-25)32-17-22-8-9-23(18-32)33(22)21-10-11-29-20(15-21)6-4-13-35-14-12-34/h3-4,6,8-10,13-16,20-21,28-29H,5,7,11-12,17-19,22-23H2,1-2H3,(H2,35,38);2-3,5,7,10-11,15-16,22-23,34H,4,6,8-9,12-14,17-18H2,1H3,(H2,28,31). The van der Waals surface area contributed by atoms with E-state index in [9.17, 15) is 8.42 Å². The van der Waals surface area contributed by atoms with Crippen LogP contribution in [0, 0.1) is 20.8 Å². The normalized spacial score (nSPS) is 18.6. The van der Waals surface area contributed by atoms with E-state index < -0.39 is 10.1 Å². The van der Waals surface area contributed by atoms with Gasteiger partial charge >= 0.3 is 0 Å². The van der Waals surface area contributed by atoms with E-state index in [1.807, 2.05) is 43.6 Å². The van der Waals surface area contributed by atoms with Crippen LogP contribution in [0.5, 0.6) is 0 Å². The van der Waals surface area contributed by atoms with Gasteiger partial charge in [0.2, 0.25) is 0 Å². The molecule has 4 aliphatic rings. The zero-order valence-electron chi connectivity index (χ0n) is 46.1. The smallest absolute Gasteiger partial charge is 0.297 e. The van der Waals surface area contributed by atoms with E-state index in [2.05, 4.69) is 124 Å². The number of aromatic nitrogens is 6. The average Bonchev–Trinajstić information content (AvgIpc) is 3.91. The Labute approximate surface area is 470 Å². The number of aliphatic hydroxyl groups excluding tert-OH is 1. The van der Waals surface area contributed by atoms with Crippen molar-refractivity contribution in [3.05, 3.63) is 150 Å². The second-order valence-corrected chi connectivity index (χ2v) is 22.9. The molecule has 19 heteroatoms. The van der Waals surface area contributed by atoms with Crippen molar-refractivity contribution >= 4 is 44.5 Å². The van der Waals surface area contributed by atoms with Crippen LogP contribution in [-0.4, -0.2) is 134 Å². The molecule has 11 rings (SSSR count). The minimum Gasteiger partial charge on any atom is -0.394 e. The van der Waals surface area contributed by atoms with E-state index in [4.69, 9.17) is 30.2 Å². The first-order valence-electron chi connectivity index (χ1n) is 28.0. The maximum Gasteiger partial charge on any atom is 0.297 e. The van der Waals surface area contributed by atoms with Crippen LogP contribution in [0.15, 0.2) is 126 Å². The summed E-state index contributed by atoms with van der Waals surface area (Å²) in [6, 6.07) is 37.5. The Bertz CT molecular complexity index is 3290. The highest BCUT2D eigenvalue weighted by molar-refractivity contribution is 7.86. The zero-order chi connectivity index (χ0) is 55.6. The molecule has 8 heterocycles. The van der Waals surface area contributed by atoms with Crippen molar-refractivity contribution < 1.29 is 27.2 Å². The number of pyridine rings is 2. The molecule has 0 spiro atoms. The Morgan fingerprint density at radius 3 is 1.45 bits per heavy atom. The monoisotopic (exact) mass is 1100 g/mol. The number of ether oxygens (including phenoxy) is 2. The van der Waals surface area contributed by atoms with Crippen LogP contribution < -0.4 is 31.1 Å². The first kappa shape index (κ1) is 56.0. The maximum absolute atomic E-state index is 12.3. The Morgan fingerprint density at radius 2 is 1.00 bits per heavy atom. The summed E-state index contributed by atoms with van der Waals surface area (Å²) >= 11 is 0. The van der Waals surface area contributed by atoms with Gasteiger partial charge in [0, 0.05) is 110 Å². The van der Waals surface area contributed by atoms with Crippen molar-refractivity contribution in [1.82, 2.24) is 30.4 Å². The molecule has 4 bridgehead atoms. The topological polar surface area (TPSA) is 224 Å². The molecule has 4 aliphatic heterocycles. The van der Waals surface area contributed by atoms with Crippen molar-refractivity contribution in [2.45, 2.75) is 101 Å². The van der Waals surface area contributed by atoms with Gasteiger partial charge in [0.15, 0.2) is 11.6 Å². The van der Waals surface area contributed by atoms with Crippen LogP contribution in [0.3, 0.4) is 0 Å². The van der Waals surface area contributed by atoms with E-state index in [1.54, 1.807) is 24.3 Å². The number of nitrogens with zero attached hydrogens (tertiary/aromatic N) is 10. The minimum absolute atomic E-state index is 0.0207. The van der Waals surface area contributed by atoms with Crippen LogP contribution in [0.1, 0.15) is 66.6 Å². The molecular weight excluding hydrogens is 1030 g/mol. The lowest BCUT2D eigenvalue weighted by molar-refractivity contribution is 0.0908. The summed E-state index contributed by atoms with van der Waals surface area (Å²) in [7, 11) is -3.78. The first-order valence-corrected chi connectivity index (χ1v) is 29.4. The molecule has 0 saturated carbocycles. The maximum atomic E-state index is 12.3. The third-order valence-corrected chi connectivity index (χ3v) is 17.1. The van der Waals surface area contributed by atoms with Gasteiger partial charge in [-0.05, 0) is 132 Å². The number of piperazine rings is 2. The number of fused-ring (bicyclic) bond motifs is 4. The summed E-state index contributed by atoms with van der Waals surface area (Å²) in [6.07, 6.45) is 11.7. The number of nitrogens with two attached hydrogens (primary N) is 2. The summed E-state index contributed by atoms with van der Waals surface area (Å²) in [5.74, 6) is 0.956. The highest BCUT2D eigenvalue weighted by Gasteiger charge is 2.42. The fourth-order valence-corrected chi connectivity index (χ4v) is 12.7. The van der Waals surface area contributed by atoms with Crippen molar-refractivity contribution in [1.29, 1.82) is 0 Å². The van der Waals surface area contributed by atoms with Crippen LogP contribution in [0.4, 0.5) is 34.4 Å². The Hall–Kier alpha value is -7.29. The van der Waals surface area contributed by atoms with Gasteiger partial charge in [-0.15, -0.1) is 20.4 Å². The molecule has 4 unspecified atom stereocenters. The second-order valence-electron chi connectivity index (χ2n) is 21.3. The number of hydrogen-bond donors (Lipinski definition) is 3. The quantitative estimate of drug-likeness (QED) is 0.0456. The molecule has 4 aromatic heterocycles. The number of rotatable bonds is 21. The largest absolute Gasteiger partial charge is 0.394 e. The van der Waals surface area contributed by atoms with E-state index in [0.717, 1.165) is 134 Å². The van der Waals surface area contributed by atoms with Crippen molar-refractivity contribution in [2.24, 2.45) is 0 Å². The summed E-state index contributed by atoms with van der Waals surface area (Å²) in [5.41, 5.74) is 26.4. The molecule has 18 nitrogen and oxygen atoms in total. The van der Waals surface area contributed by atoms with Gasteiger partial charge in [-0.1, -0.05) is 66.2 Å².